The molecule has 0 aliphatic rings. The van der Waals surface area contributed by atoms with Crippen molar-refractivity contribution < 1.29 is 0 Å². The highest BCUT2D eigenvalue weighted by Crippen LogP contribution is 2.11. The van der Waals surface area contributed by atoms with Crippen LogP contribution in [-0.2, 0) is 0 Å². The third kappa shape index (κ3) is 1.73. The van der Waals surface area contributed by atoms with Crippen molar-refractivity contribution in [3.05, 3.63) is 34.9 Å². The summed E-state index contributed by atoms with van der Waals surface area (Å²) in [4.78, 5) is 4.18. The Hall–Kier alpha value is -1.11. The first-order valence-electron chi connectivity index (χ1n) is 4.16. The van der Waals surface area contributed by atoms with Crippen molar-refractivity contribution in [2.45, 2.75) is 20.8 Å². The lowest BCUT2D eigenvalue weighted by Crippen LogP contribution is -1.97. The molecule has 64 valence electrons. The van der Waals surface area contributed by atoms with Crippen LogP contribution in [0.25, 0.3) is 0 Å². The van der Waals surface area contributed by atoms with E-state index in [1.807, 2.05) is 14.0 Å². The van der Waals surface area contributed by atoms with Crippen LogP contribution in [0.5, 0.6) is 0 Å². The van der Waals surface area contributed by atoms with Gasteiger partial charge in [0.25, 0.3) is 0 Å². The van der Waals surface area contributed by atoms with Gasteiger partial charge < -0.3 is 0 Å². The molecule has 0 fully saturated rings. The van der Waals surface area contributed by atoms with E-state index in [2.05, 4.69) is 37.0 Å². The molecule has 0 aliphatic heterocycles. The van der Waals surface area contributed by atoms with Crippen LogP contribution in [0, 0.1) is 13.8 Å². The number of aliphatic imine (C=N–C) groups is 1. The van der Waals surface area contributed by atoms with Gasteiger partial charge in [-0.05, 0) is 38.0 Å². The van der Waals surface area contributed by atoms with Crippen molar-refractivity contribution in [2.24, 2.45) is 4.99 Å². The summed E-state index contributed by atoms with van der Waals surface area (Å²) in [6, 6.07) is 6.44. The largest absolute Gasteiger partial charge is 0.293 e. The lowest BCUT2D eigenvalue weighted by Gasteiger charge is -2.05. The first-order valence-corrected chi connectivity index (χ1v) is 4.16. The average molecular weight is 161 g/mol. The number of benzene rings is 1. The Balaban J connectivity index is 3.23. The normalized spacial score (nSPS) is 11.8. The molecule has 0 heterocycles. The third-order valence-electron chi connectivity index (χ3n) is 2.12. The minimum atomic E-state index is 1.11. The predicted octanol–water partition coefficient (Wildman–Crippen LogP) is 2.74. The monoisotopic (exact) mass is 161 g/mol. The van der Waals surface area contributed by atoms with Gasteiger partial charge in [-0.2, -0.15) is 0 Å². The van der Waals surface area contributed by atoms with Crippen LogP contribution in [0.2, 0.25) is 0 Å². The molecule has 0 radical (unpaired) electrons. The molecule has 1 nitrogen and oxygen atoms in total. The summed E-state index contributed by atoms with van der Waals surface area (Å²) >= 11 is 0. The molecule has 1 aromatic carbocycles. The Bertz CT molecular complexity index is 311. The lowest BCUT2D eigenvalue weighted by atomic mass is 10.0. The van der Waals surface area contributed by atoms with E-state index in [-0.39, 0.29) is 0 Å². The van der Waals surface area contributed by atoms with Gasteiger partial charge in [0.15, 0.2) is 0 Å². The Morgan fingerprint density at radius 1 is 1.25 bits per heavy atom. The van der Waals surface area contributed by atoms with Crippen molar-refractivity contribution in [3.8, 4) is 0 Å². The molecule has 12 heavy (non-hydrogen) atoms. The molecule has 1 rings (SSSR count). The summed E-state index contributed by atoms with van der Waals surface area (Å²) < 4.78 is 0. The van der Waals surface area contributed by atoms with Crippen molar-refractivity contribution >= 4 is 5.71 Å². The zero-order valence-corrected chi connectivity index (χ0v) is 8.18. The number of nitrogens with zero attached hydrogens (tertiary/aromatic N) is 1. The molecule has 1 aromatic rings. The Morgan fingerprint density at radius 2 is 1.92 bits per heavy atom. The fourth-order valence-electron chi connectivity index (χ4n) is 1.25. The second-order valence-corrected chi connectivity index (χ2v) is 3.13. The minimum absolute atomic E-state index is 1.11. The van der Waals surface area contributed by atoms with Crippen molar-refractivity contribution in [2.75, 3.05) is 7.05 Å². The van der Waals surface area contributed by atoms with Crippen LogP contribution in [0.4, 0.5) is 0 Å². The van der Waals surface area contributed by atoms with Gasteiger partial charge in [-0.25, -0.2) is 0 Å². The van der Waals surface area contributed by atoms with Gasteiger partial charge in [-0.15, -0.1) is 0 Å². The number of aryl methyl sites for hydroxylation is 2. The van der Waals surface area contributed by atoms with Gasteiger partial charge in [0.1, 0.15) is 0 Å². The summed E-state index contributed by atoms with van der Waals surface area (Å²) in [6.07, 6.45) is 0. The summed E-state index contributed by atoms with van der Waals surface area (Å²) in [7, 11) is 1.83. The second kappa shape index (κ2) is 3.53. The number of hydrogen-bond acceptors (Lipinski definition) is 1. The molecule has 0 bridgehead atoms. The molecule has 0 spiro atoms. The fourth-order valence-corrected chi connectivity index (χ4v) is 1.25. The molecule has 0 aliphatic carbocycles. The van der Waals surface area contributed by atoms with E-state index >= 15 is 0 Å². The van der Waals surface area contributed by atoms with Crippen molar-refractivity contribution in [3.63, 3.8) is 0 Å². The molecule has 0 aromatic heterocycles. The molecular formula is C11H15N. The predicted molar refractivity (Wildman–Crippen MR) is 54.1 cm³/mol. The summed E-state index contributed by atoms with van der Waals surface area (Å²) in [5, 5.41) is 0. The molecule has 0 N–H and O–H groups in total. The highest BCUT2D eigenvalue weighted by molar-refractivity contribution is 6.00. The summed E-state index contributed by atoms with van der Waals surface area (Å²) in [5.41, 5.74) is 4.95. The SMILES string of the molecule is CN=C(C)c1cc(C)ccc1C. The third-order valence-corrected chi connectivity index (χ3v) is 2.12. The Labute approximate surface area is 74.2 Å². The van der Waals surface area contributed by atoms with E-state index in [1.165, 1.54) is 16.7 Å². The van der Waals surface area contributed by atoms with Crippen LogP contribution in [0.3, 0.4) is 0 Å². The fraction of sp³-hybridized carbons (Fsp3) is 0.364. The lowest BCUT2D eigenvalue weighted by molar-refractivity contribution is 1.34. The molecular weight excluding hydrogens is 146 g/mol. The maximum atomic E-state index is 4.18. The minimum Gasteiger partial charge on any atom is -0.293 e. The highest BCUT2D eigenvalue weighted by atomic mass is 14.7. The zero-order chi connectivity index (χ0) is 9.14. The van der Waals surface area contributed by atoms with E-state index in [0.717, 1.165) is 5.71 Å². The maximum Gasteiger partial charge on any atom is 0.0388 e. The van der Waals surface area contributed by atoms with Gasteiger partial charge in [0, 0.05) is 12.8 Å². The van der Waals surface area contributed by atoms with Crippen molar-refractivity contribution in [1.82, 2.24) is 0 Å². The van der Waals surface area contributed by atoms with Gasteiger partial charge in [-0.1, -0.05) is 17.7 Å². The second-order valence-electron chi connectivity index (χ2n) is 3.13. The topological polar surface area (TPSA) is 12.4 Å². The first kappa shape index (κ1) is 8.98. The van der Waals surface area contributed by atoms with Crippen molar-refractivity contribution in [1.29, 1.82) is 0 Å². The highest BCUT2D eigenvalue weighted by Gasteiger charge is 2.00. The van der Waals surface area contributed by atoms with E-state index < -0.39 is 0 Å². The zero-order valence-electron chi connectivity index (χ0n) is 8.18. The van der Waals surface area contributed by atoms with Crippen LogP contribution >= 0.6 is 0 Å². The number of rotatable bonds is 1. The van der Waals surface area contributed by atoms with Crippen LogP contribution in [-0.4, -0.2) is 12.8 Å². The smallest absolute Gasteiger partial charge is 0.0388 e. The van der Waals surface area contributed by atoms with E-state index in [0.29, 0.717) is 0 Å². The molecule has 0 amide bonds. The Morgan fingerprint density at radius 3 is 2.50 bits per heavy atom. The van der Waals surface area contributed by atoms with E-state index in [1.54, 1.807) is 0 Å². The maximum absolute atomic E-state index is 4.18. The molecule has 1 heteroatoms. The standard InChI is InChI=1S/C11H15N/c1-8-5-6-9(2)11(7-8)10(3)12-4/h5-7H,1-4H3. The molecule has 0 saturated carbocycles. The van der Waals surface area contributed by atoms with Gasteiger partial charge >= 0.3 is 0 Å². The molecule has 0 atom stereocenters. The van der Waals surface area contributed by atoms with E-state index in [9.17, 15) is 0 Å². The molecule has 0 unspecified atom stereocenters. The first-order chi connectivity index (χ1) is 5.65. The van der Waals surface area contributed by atoms with Crippen LogP contribution in [0.15, 0.2) is 23.2 Å². The quantitative estimate of drug-likeness (QED) is 0.561. The number of hydrogen-bond donors (Lipinski definition) is 0. The van der Waals surface area contributed by atoms with Gasteiger partial charge in [0.05, 0.1) is 0 Å². The Kier molecular flexibility index (Phi) is 2.64. The average Bonchev–Trinajstić information content (AvgIpc) is 2.08. The van der Waals surface area contributed by atoms with E-state index in [4.69, 9.17) is 0 Å². The molecule has 0 saturated heterocycles. The van der Waals surface area contributed by atoms with Gasteiger partial charge in [0.2, 0.25) is 0 Å². The van der Waals surface area contributed by atoms with Gasteiger partial charge in [-0.3, -0.25) is 4.99 Å². The van der Waals surface area contributed by atoms with Crippen LogP contribution < -0.4 is 0 Å². The van der Waals surface area contributed by atoms with Crippen LogP contribution in [0.1, 0.15) is 23.6 Å². The summed E-state index contributed by atoms with van der Waals surface area (Å²) in [6.45, 7) is 6.26. The summed E-state index contributed by atoms with van der Waals surface area (Å²) in [5.74, 6) is 0.